The van der Waals surface area contributed by atoms with Gasteiger partial charge >= 0.3 is 0 Å². The van der Waals surface area contributed by atoms with Crippen molar-refractivity contribution in [3.63, 3.8) is 0 Å². The van der Waals surface area contributed by atoms with Crippen molar-refractivity contribution in [2.75, 3.05) is 5.32 Å². The Morgan fingerprint density at radius 1 is 0.938 bits per heavy atom. The van der Waals surface area contributed by atoms with E-state index in [1.807, 2.05) is 48.5 Å². The van der Waals surface area contributed by atoms with Crippen molar-refractivity contribution in [1.29, 1.82) is 5.41 Å². The number of ketones is 1. The molecule has 0 saturated heterocycles. The zero-order valence-electron chi connectivity index (χ0n) is 17.6. The SMILES string of the molecule is N=C(N)CC(=O)CCc1cccc(-c2cnc(NCc3ccc4ncccc4c3)nc2)c1. The first-order valence-corrected chi connectivity index (χ1v) is 10.4. The van der Waals surface area contributed by atoms with E-state index in [1.54, 1.807) is 18.6 Å². The van der Waals surface area contributed by atoms with Crippen LogP contribution in [0.15, 0.2) is 73.2 Å². The molecule has 0 spiro atoms. The van der Waals surface area contributed by atoms with E-state index in [4.69, 9.17) is 11.1 Å². The average Bonchev–Trinajstić information content (AvgIpc) is 2.81. The first-order chi connectivity index (χ1) is 15.6. The third-order valence-electron chi connectivity index (χ3n) is 5.11. The van der Waals surface area contributed by atoms with Gasteiger partial charge in [0.2, 0.25) is 5.95 Å². The van der Waals surface area contributed by atoms with Gasteiger partial charge in [-0.25, -0.2) is 9.97 Å². The second kappa shape index (κ2) is 9.78. The summed E-state index contributed by atoms with van der Waals surface area (Å²) < 4.78 is 0. The number of amidine groups is 1. The van der Waals surface area contributed by atoms with E-state index in [2.05, 4.69) is 26.3 Å². The number of aryl methyl sites for hydroxylation is 1. The zero-order valence-corrected chi connectivity index (χ0v) is 17.6. The largest absolute Gasteiger partial charge is 0.387 e. The quantitative estimate of drug-likeness (QED) is 0.275. The molecular weight excluding hydrogens is 400 g/mol. The smallest absolute Gasteiger partial charge is 0.222 e. The summed E-state index contributed by atoms with van der Waals surface area (Å²) in [4.78, 5) is 25.0. The van der Waals surface area contributed by atoms with E-state index in [0.29, 0.717) is 25.3 Å². The fourth-order valence-electron chi connectivity index (χ4n) is 3.48. The molecule has 0 saturated carbocycles. The van der Waals surface area contributed by atoms with Gasteiger partial charge in [0.05, 0.1) is 17.8 Å². The fraction of sp³-hybridized carbons (Fsp3) is 0.160. The molecule has 0 aliphatic rings. The molecule has 0 fully saturated rings. The number of hydrogen-bond donors (Lipinski definition) is 3. The van der Waals surface area contributed by atoms with Gasteiger partial charge in [-0.05, 0) is 41.3 Å². The number of nitrogens with one attached hydrogen (secondary N) is 2. The molecule has 2 heterocycles. The third kappa shape index (κ3) is 5.51. The third-order valence-corrected chi connectivity index (χ3v) is 5.11. The second-order valence-corrected chi connectivity index (χ2v) is 7.62. The van der Waals surface area contributed by atoms with E-state index in [9.17, 15) is 4.79 Å². The molecule has 160 valence electrons. The average molecular weight is 425 g/mol. The number of nitrogens with two attached hydrogens (primary N) is 1. The van der Waals surface area contributed by atoms with Gasteiger partial charge in [0.25, 0.3) is 0 Å². The molecule has 4 N–H and O–H groups in total. The molecule has 7 nitrogen and oxygen atoms in total. The standard InChI is InChI=1S/C25H24N6O/c26-24(27)13-22(32)8-6-17-3-1-4-19(11-17)21-15-30-25(31-16-21)29-14-18-7-9-23-20(12-18)5-2-10-28-23/h1-5,7,9-12,15-16H,6,8,13-14H2,(H3,26,27)(H,29,30,31). The normalized spacial score (nSPS) is 10.8. The molecule has 0 radical (unpaired) electrons. The van der Waals surface area contributed by atoms with Crippen LogP contribution >= 0.6 is 0 Å². The number of rotatable bonds is 9. The van der Waals surface area contributed by atoms with Gasteiger partial charge < -0.3 is 11.1 Å². The Hall–Kier alpha value is -4.13. The second-order valence-electron chi connectivity index (χ2n) is 7.62. The van der Waals surface area contributed by atoms with Crippen LogP contribution in [-0.2, 0) is 17.8 Å². The van der Waals surface area contributed by atoms with Crippen molar-refractivity contribution < 1.29 is 4.79 Å². The van der Waals surface area contributed by atoms with E-state index in [1.165, 1.54) is 0 Å². The molecule has 2 aromatic heterocycles. The molecular formula is C25H24N6O. The lowest BCUT2D eigenvalue weighted by Gasteiger charge is -2.08. The number of Topliss-reactive ketones (excluding diaryl/α,β-unsaturated/α-hetero) is 1. The Balaban J connectivity index is 1.37. The summed E-state index contributed by atoms with van der Waals surface area (Å²) in [5.74, 6) is 0.447. The van der Waals surface area contributed by atoms with Gasteiger partial charge in [0.15, 0.2) is 0 Å². The van der Waals surface area contributed by atoms with Crippen LogP contribution in [0.2, 0.25) is 0 Å². The summed E-state index contributed by atoms with van der Waals surface area (Å²) in [6.45, 7) is 0.619. The maximum atomic E-state index is 11.8. The maximum Gasteiger partial charge on any atom is 0.222 e. The number of benzene rings is 2. The molecule has 0 bridgehead atoms. The van der Waals surface area contributed by atoms with Gasteiger partial charge in [0.1, 0.15) is 5.78 Å². The van der Waals surface area contributed by atoms with Crippen molar-refractivity contribution in [2.24, 2.45) is 5.73 Å². The van der Waals surface area contributed by atoms with E-state index >= 15 is 0 Å². The number of aromatic nitrogens is 3. The fourth-order valence-corrected chi connectivity index (χ4v) is 3.48. The molecule has 0 unspecified atom stereocenters. The van der Waals surface area contributed by atoms with Crippen LogP contribution in [-0.4, -0.2) is 26.6 Å². The van der Waals surface area contributed by atoms with Crippen LogP contribution in [0.3, 0.4) is 0 Å². The molecule has 0 amide bonds. The molecule has 0 aliphatic heterocycles. The van der Waals surface area contributed by atoms with Gasteiger partial charge in [-0.2, -0.15) is 0 Å². The Bertz CT molecular complexity index is 1250. The lowest BCUT2D eigenvalue weighted by Crippen LogP contribution is -2.15. The van der Waals surface area contributed by atoms with E-state index in [-0.39, 0.29) is 18.0 Å². The minimum absolute atomic E-state index is 0.0120. The molecule has 7 heteroatoms. The topological polar surface area (TPSA) is 118 Å². The van der Waals surface area contributed by atoms with Gasteiger partial charge in [0, 0.05) is 42.5 Å². The highest BCUT2D eigenvalue weighted by Gasteiger charge is 2.07. The van der Waals surface area contributed by atoms with Gasteiger partial charge in [-0.3, -0.25) is 15.2 Å². The Labute approximate surface area is 186 Å². The highest BCUT2D eigenvalue weighted by molar-refractivity contribution is 5.98. The van der Waals surface area contributed by atoms with Gasteiger partial charge in [-0.15, -0.1) is 0 Å². The predicted molar refractivity (Wildman–Crippen MR) is 126 cm³/mol. The van der Waals surface area contributed by atoms with Crippen molar-refractivity contribution in [1.82, 2.24) is 15.0 Å². The maximum absolute atomic E-state index is 11.8. The van der Waals surface area contributed by atoms with Crippen molar-refractivity contribution >= 4 is 28.5 Å². The number of hydrogen-bond acceptors (Lipinski definition) is 6. The number of carbonyl (C=O) groups excluding carboxylic acids is 1. The highest BCUT2D eigenvalue weighted by Crippen LogP contribution is 2.21. The predicted octanol–water partition coefficient (Wildman–Crippen LogP) is 4.13. The summed E-state index contributed by atoms with van der Waals surface area (Å²) in [6, 6.07) is 18.1. The summed E-state index contributed by atoms with van der Waals surface area (Å²) in [5, 5.41) is 11.6. The lowest BCUT2D eigenvalue weighted by molar-refractivity contribution is -0.117. The van der Waals surface area contributed by atoms with Crippen LogP contribution < -0.4 is 11.1 Å². The minimum atomic E-state index is -0.0905. The van der Waals surface area contributed by atoms with Crippen LogP contribution in [0.5, 0.6) is 0 Å². The van der Waals surface area contributed by atoms with E-state index in [0.717, 1.165) is 33.2 Å². The molecule has 0 aliphatic carbocycles. The summed E-state index contributed by atoms with van der Waals surface area (Å²) in [7, 11) is 0. The monoisotopic (exact) mass is 424 g/mol. The number of pyridine rings is 1. The molecule has 4 aromatic rings. The molecule has 2 aromatic carbocycles. The van der Waals surface area contributed by atoms with Crippen LogP contribution in [0, 0.1) is 5.41 Å². The Kier molecular flexibility index (Phi) is 6.46. The zero-order chi connectivity index (χ0) is 22.3. The lowest BCUT2D eigenvalue weighted by atomic mass is 10.0. The summed E-state index contributed by atoms with van der Waals surface area (Å²) in [5.41, 5.74) is 10.3. The Morgan fingerprint density at radius 2 is 1.78 bits per heavy atom. The number of carbonyl (C=O) groups is 1. The van der Waals surface area contributed by atoms with Crippen LogP contribution in [0.25, 0.3) is 22.0 Å². The summed E-state index contributed by atoms with van der Waals surface area (Å²) >= 11 is 0. The van der Waals surface area contributed by atoms with Crippen LogP contribution in [0.1, 0.15) is 24.0 Å². The van der Waals surface area contributed by atoms with Crippen molar-refractivity contribution in [2.45, 2.75) is 25.8 Å². The van der Waals surface area contributed by atoms with Crippen molar-refractivity contribution in [3.8, 4) is 11.1 Å². The highest BCUT2D eigenvalue weighted by atomic mass is 16.1. The Morgan fingerprint density at radius 3 is 2.59 bits per heavy atom. The van der Waals surface area contributed by atoms with Crippen molar-refractivity contribution in [3.05, 3.63) is 84.3 Å². The first kappa shape index (κ1) is 21.1. The van der Waals surface area contributed by atoms with Crippen LogP contribution in [0.4, 0.5) is 5.95 Å². The van der Waals surface area contributed by atoms with E-state index < -0.39 is 0 Å². The molecule has 4 rings (SSSR count). The first-order valence-electron chi connectivity index (χ1n) is 10.4. The number of fused-ring (bicyclic) bond motifs is 1. The number of anilines is 1. The minimum Gasteiger partial charge on any atom is -0.387 e. The molecule has 32 heavy (non-hydrogen) atoms. The van der Waals surface area contributed by atoms with Gasteiger partial charge in [-0.1, -0.05) is 36.4 Å². The summed E-state index contributed by atoms with van der Waals surface area (Å²) in [6.07, 6.45) is 6.37. The number of nitrogens with zero attached hydrogens (tertiary/aromatic N) is 3. The molecule has 0 atom stereocenters.